The molecular weight excluding hydrogens is 783 g/mol. The molecule has 12 rings (SSSR count). The second kappa shape index (κ2) is 15.1. The van der Waals surface area contributed by atoms with E-state index in [0.717, 1.165) is 77.7 Å². The van der Waals surface area contributed by atoms with E-state index in [-0.39, 0.29) is 0 Å². The zero-order chi connectivity index (χ0) is 42.7. The van der Waals surface area contributed by atoms with Crippen LogP contribution in [-0.4, -0.2) is 24.1 Å². The maximum Gasteiger partial charge on any atom is 0.164 e. The van der Waals surface area contributed by atoms with Crippen LogP contribution in [0.15, 0.2) is 217 Å². The molecule has 0 N–H and O–H groups in total. The maximum absolute atomic E-state index is 7.09. The average molecular weight is 822 g/mol. The monoisotopic (exact) mass is 821 g/mol. The van der Waals surface area contributed by atoms with Crippen molar-refractivity contribution in [1.82, 2.24) is 24.1 Å². The molecule has 0 aliphatic rings. The summed E-state index contributed by atoms with van der Waals surface area (Å²) in [5, 5.41) is 6.85. The lowest BCUT2D eigenvalue weighted by atomic mass is 10.0. The van der Waals surface area contributed by atoms with Gasteiger partial charge in [0.15, 0.2) is 17.5 Å². The number of allylic oxidation sites excluding steroid dienone is 5. The first-order valence-corrected chi connectivity index (χ1v) is 21.5. The molecular formula is C58H39N5O. The van der Waals surface area contributed by atoms with Gasteiger partial charge in [-0.05, 0) is 73.2 Å². The Kier molecular flexibility index (Phi) is 8.76. The minimum absolute atomic E-state index is 0.557. The Hall–Kier alpha value is -8.61. The van der Waals surface area contributed by atoms with E-state index < -0.39 is 0 Å². The molecule has 4 heterocycles. The van der Waals surface area contributed by atoms with Gasteiger partial charge in [-0.25, -0.2) is 15.0 Å². The van der Waals surface area contributed by atoms with Crippen LogP contribution in [0.1, 0.15) is 12.7 Å². The Balaban J connectivity index is 1.13. The molecule has 0 bridgehead atoms. The summed E-state index contributed by atoms with van der Waals surface area (Å²) in [6.07, 6.45) is 7.62. The van der Waals surface area contributed by atoms with Gasteiger partial charge < -0.3 is 13.6 Å². The summed E-state index contributed by atoms with van der Waals surface area (Å²) < 4.78 is 11.9. The first-order valence-electron chi connectivity index (χ1n) is 21.5. The Morgan fingerprint density at radius 3 is 1.81 bits per heavy atom. The third-order valence-corrected chi connectivity index (χ3v) is 12.3. The van der Waals surface area contributed by atoms with Gasteiger partial charge in [-0.3, -0.25) is 0 Å². The fraction of sp³-hybridized carbons (Fsp3) is 0.0172. The van der Waals surface area contributed by atoms with Crippen molar-refractivity contribution < 1.29 is 4.42 Å². The zero-order valence-electron chi connectivity index (χ0n) is 35.0. The number of hydrogen-bond acceptors (Lipinski definition) is 4. The molecule has 0 aliphatic heterocycles. The molecule has 0 radical (unpaired) electrons. The number of para-hydroxylation sites is 3. The molecule has 6 nitrogen and oxygen atoms in total. The second-order valence-electron chi connectivity index (χ2n) is 16.0. The van der Waals surface area contributed by atoms with Crippen LogP contribution < -0.4 is 0 Å². The summed E-state index contributed by atoms with van der Waals surface area (Å²) in [6.45, 7) is 5.86. The van der Waals surface area contributed by atoms with Crippen molar-refractivity contribution in [3.05, 3.63) is 219 Å². The van der Waals surface area contributed by atoms with Crippen molar-refractivity contribution in [2.24, 2.45) is 0 Å². The van der Waals surface area contributed by atoms with E-state index in [0.29, 0.717) is 17.5 Å². The van der Waals surface area contributed by atoms with E-state index in [9.17, 15) is 0 Å². The molecule has 8 aromatic carbocycles. The van der Waals surface area contributed by atoms with E-state index in [1.165, 1.54) is 27.1 Å². The third kappa shape index (κ3) is 5.92. The van der Waals surface area contributed by atoms with Crippen molar-refractivity contribution in [2.75, 3.05) is 0 Å². The number of furan rings is 1. The minimum Gasteiger partial charge on any atom is -0.455 e. The number of hydrogen-bond donors (Lipinski definition) is 0. The van der Waals surface area contributed by atoms with Gasteiger partial charge in [-0.1, -0.05) is 152 Å². The highest BCUT2D eigenvalue weighted by Crippen LogP contribution is 2.45. The molecule has 302 valence electrons. The molecule has 0 saturated carbocycles. The zero-order valence-corrected chi connectivity index (χ0v) is 35.0. The summed E-state index contributed by atoms with van der Waals surface area (Å²) in [7, 11) is 0. The van der Waals surface area contributed by atoms with E-state index in [2.05, 4.69) is 161 Å². The summed E-state index contributed by atoms with van der Waals surface area (Å²) in [5.41, 5.74) is 13.0. The van der Waals surface area contributed by atoms with Crippen LogP contribution in [0.25, 0.3) is 116 Å². The molecule has 0 fully saturated rings. The fourth-order valence-electron chi connectivity index (χ4n) is 9.40. The highest BCUT2D eigenvalue weighted by Gasteiger charge is 2.23. The molecule has 6 heteroatoms. The number of nitrogens with zero attached hydrogens (tertiary/aromatic N) is 5. The lowest BCUT2D eigenvalue weighted by molar-refractivity contribution is 0.670. The van der Waals surface area contributed by atoms with Gasteiger partial charge in [0, 0.05) is 54.9 Å². The molecule has 0 amide bonds. The van der Waals surface area contributed by atoms with E-state index in [1.807, 2.05) is 61.5 Å². The largest absolute Gasteiger partial charge is 0.455 e. The lowest BCUT2D eigenvalue weighted by Crippen LogP contribution is -2.02. The predicted octanol–water partition coefficient (Wildman–Crippen LogP) is 15.1. The summed E-state index contributed by atoms with van der Waals surface area (Å²) in [4.78, 5) is 15.0. The third-order valence-electron chi connectivity index (χ3n) is 12.3. The average Bonchev–Trinajstić information content (AvgIpc) is 4.01. The van der Waals surface area contributed by atoms with Crippen LogP contribution in [0.4, 0.5) is 0 Å². The van der Waals surface area contributed by atoms with E-state index in [1.54, 1.807) is 6.08 Å². The van der Waals surface area contributed by atoms with Crippen molar-refractivity contribution >= 4 is 71.1 Å². The lowest BCUT2D eigenvalue weighted by Gasteiger charge is -2.13. The Bertz CT molecular complexity index is 3850. The van der Waals surface area contributed by atoms with Gasteiger partial charge in [-0.2, -0.15) is 0 Å². The Labute approximate surface area is 369 Å². The minimum atomic E-state index is 0.557. The van der Waals surface area contributed by atoms with Crippen molar-refractivity contribution in [3.8, 4) is 45.3 Å². The van der Waals surface area contributed by atoms with Gasteiger partial charge >= 0.3 is 0 Å². The van der Waals surface area contributed by atoms with E-state index >= 15 is 0 Å². The van der Waals surface area contributed by atoms with Crippen LogP contribution in [0, 0.1) is 0 Å². The molecule has 0 unspecified atom stereocenters. The first-order chi connectivity index (χ1) is 31.7. The second-order valence-corrected chi connectivity index (χ2v) is 16.0. The summed E-state index contributed by atoms with van der Waals surface area (Å²) in [6, 6.07) is 64.2. The summed E-state index contributed by atoms with van der Waals surface area (Å²) >= 11 is 0. The van der Waals surface area contributed by atoms with Crippen LogP contribution >= 0.6 is 0 Å². The van der Waals surface area contributed by atoms with Crippen molar-refractivity contribution in [2.45, 2.75) is 6.92 Å². The molecule has 0 atom stereocenters. The highest BCUT2D eigenvalue weighted by molar-refractivity contribution is 6.21. The molecule has 64 heavy (non-hydrogen) atoms. The number of benzene rings is 8. The van der Waals surface area contributed by atoms with Crippen LogP contribution in [-0.2, 0) is 0 Å². The number of rotatable bonds is 8. The van der Waals surface area contributed by atoms with Crippen molar-refractivity contribution in [1.29, 1.82) is 0 Å². The molecule has 0 spiro atoms. The first kappa shape index (κ1) is 37.2. The highest BCUT2D eigenvalue weighted by atomic mass is 16.3. The van der Waals surface area contributed by atoms with Gasteiger partial charge in [0.2, 0.25) is 0 Å². The van der Waals surface area contributed by atoms with Gasteiger partial charge in [-0.15, -0.1) is 0 Å². The van der Waals surface area contributed by atoms with Crippen molar-refractivity contribution in [3.63, 3.8) is 0 Å². The molecule has 12 aromatic rings. The maximum atomic E-state index is 7.09. The van der Waals surface area contributed by atoms with Gasteiger partial charge in [0.25, 0.3) is 0 Å². The SMILES string of the molecule is C=C/C=C\C(=C/C)c1nc(-c2ccccc2)nc(-c2ccc3c(c2)oc2c(-c4ccccc4)ccc(-n4c5ccccc5c5cc6c7ccccc7n(-c7ccccc7)c6cc54)c23)n1. The Morgan fingerprint density at radius 1 is 0.516 bits per heavy atom. The number of fused-ring (bicyclic) bond motifs is 9. The molecule has 0 saturated heterocycles. The number of aromatic nitrogens is 5. The predicted molar refractivity (Wildman–Crippen MR) is 265 cm³/mol. The van der Waals surface area contributed by atoms with Crippen LogP contribution in [0.3, 0.4) is 0 Å². The fourth-order valence-corrected chi connectivity index (χ4v) is 9.40. The standard InChI is InChI=1S/C58H39N5O/c1-3-5-19-37(4-2)56-59-57(39-22-11-7-12-23-39)61-58(60-56)40-30-31-45-53(34-40)64-55-42(38-20-9-6-10-21-38)32-33-50(54(45)55)63-49-29-18-16-27-44(49)47-35-46-43-26-15-17-28-48(43)62(51(46)36-52(47)63)41-24-13-8-14-25-41/h3-36H,1H2,2H3/b19-5-,37-4+. The van der Waals surface area contributed by atoms with Crippen LogP contribution in [0.2, 0.25) is 0 Å². The topological polar surface area (TPSA) is 61.7 Å². The summed E-state index contributed by atoms with van der Waals surface area (Å²) in [5.74, 6) is 1.73. The van der Waals surface area contributed by atoms with Gasteiger partial charge in [0.1, 0.15) is 11.2 Å². The van der Waals surface area contributed by atoms with Gasteiger partial charge in [0.05, 0.1) is 33.1 Å². The van der Waals surface area contributed by atoms with Crippen LogP contribution in [0.5, 0.6) is 0 Å². The molecule has 4 aromatic heterocycles. The Morgan fingerprint density at radius 2 is 1.12 bits per heavy atom. The molecule has 0 aliphatic carbocycles. The van der Waals surface area contributed by atoms with E-state index in [4.69, 9.17) is 19.4 Å². The smallest absolute Gasteiger partial charge is 0.164 e. The quantitative estimate of drug-likeness (QED) is 0.143. The normalized spacial score (nSPS) is 12.2.